The molecule has 1 N–H and O–H groups in total. The van der Waals surface area contributed by atoms with E-state index < -0.39 is 20.5 Å². The van der Waals surface area contributed by atoms with Gasteiger partial charge in [0.15, 0.2) is 0 Å². The summed E-state index contributed by atoms with van der Waals surface area (Å²) in [6.07, 6.45) is 8.97. The molecule has 0 heterocycles. The summed E-state index contributed by atoms with van der Waals surface area (Å²) >= 11 is 0. The SMILES string of the molecule is CC1=CCC(C)(S(=O)(=O)O[C@H]2CC[C@@](C)(O)[C@@H]3[C@H]4C(C)[C@@H]4CC[C@]23C)C=C1. The van der Waals surface area contributed by atoms with Gasteiger partial charge in [-0.25, -0.2) is 0 Å². The Bertz CT molecular complexity index is 795. The molecule has 0 bridgehead atoms. The molecule has 4 aliphatic carbocycles. The molecule has 4 nitrogen and oxygen atoms in total. The molecule has 0 spiro atoms. The number of hydrogen-bond acceptors (Lipinski definition) is 4. The second-order valence-electron chi connectivity index (χ2n) is 10.4. The lowest BCUT2D eigenvalue weighted by molar-refractivity contribution is -0.164. The monoisotopic (exact) mass is 394 g/mol. The molecule has 5 heteroatoms. The Morgan fingerprint density at radius 3 is 2.52 bits per heavy atom. The van der Waals surface area contributed by atoms with Crippen molar-refractivity contribution in [1.82, 2.24) is 0 Å². The van der Waals surface area contributed by atoms with E-state index in [0.717, 1.165) is 18.4 Å². The molecule has 8 atom stereocenters. The molecule has 0 amide bonds. The van der Waals surface area contributed by atoms with Crippen LogP contribution >= 0.6 is 0 Å². The number of aliphatic hydroxyl groups is 1. The van der Waals surface area contributed by atoms with Gasteiger partial charge in [0.1, 0.15) is 4.75 Å². The fourth-order valence-electron chi connectivity index (χ4n) is 6.47. The first kappa shape index (κ1) is 19.7. The second kappa shape index (κ2) is 5.93. The Morgan fingerprint density at radius 2 is 1.89 bits per heavy atom. The van der Waals surface area contributed by atoms with Crippen LogP contribution in [0.25, 0.3) is 0 Å². The van der Waals surface area contributed by atoms with Crippen LogP contribution in [-0.2, 0) is 14.3 Å². The van der Waals surface area contributed by atoms with Crippen molar-refractivity contribution in [2.75, 3.05) is 0 Å². The van der Waals surface area contributed by atoms with Crippen molar-refractivity contribution >= 4 is 10.1 Å². The topological polar surface area (TPSA) is 63.6 Å². The summed E-state index contributed by atoms with van der Waals surface area (Å²) in [5.74, 6) is 1.94. The molecule has 0 radical (unpaired) electrons. The lowest BCUT2D eigenvalue weighted by Crippen LogP contribution is -2.59. The highest BCUT2D eigenvalue weighted by molar-refractivity contribution is 7.88. The van der Waals surface area contributed by atoms with Gasteiger partial charge in [-0.05, 0) is 76.5 Å². The smallest absolute Gasteiger partial charge is 0.277 e. The zero-order chi connectivity index (χ0) is 19.8. The molecule has 3 saturated carbocycles. The van der Waals surface area contributed by atoms with Gasteiger partial charge in [-0.2, -0.15) is 8.42 Å². The largest absolute Gasteiger partial charge is 0.390 e. The normalized spacial score (nSPS) is 51.9. The fourth-order valence-corrected chi connectivity index (χ4v) is 7.83. The Kier molecular flexibility index (Phi) is 4.32. The lowest BCUT2D eigenvalue weighted by atomic mass is 9.54. The summed E-state index contributed by atoms with van der Waals surface area (Å²) in [7, 11) is -3.76. The van der Waals surface area contributed by atoms with Gasteiger partial charge in [0.05, 0.1) is 11.7 Å². The van der Waals surface area contributed by atoms with Crippen LogP contribution in [0.2, 0.25) is 0 Å². The molecule has 3 fully saturated rings. The maximum absolute atomic E-state index is 13.3. The van der Waals surface area contributed by atoms with E-state index in [1.807, 2.05) is 26.0 Å². The van der Waals surface area contributed by atoms with Gasteiger partial charge in [0, 0.05) is 5.41 Å². The molecule has 4 rings (SSSR count). The minimum absolute atomic E-state index is 0.115. The standard InChI is InChI=1S/C22H34O4S/c1-14-6-10-20(3,11-7-14)27(24,25)26-17-9-13-22(5,23)19-18-15(2)16(18)8-12-21(17,19)4/h6-7,10,15-19,23H,8-9,11-13H2,1-5H3/t15?,16-,17-,18-,19+,20?,21+,22+/m0/s1. The first-order valence-corrected chi connectivity index (χ1v) is 11.8. The van der Waals surface area contributed by atoms with Crippen molar-refractivity contribution in [3.63, 3.8) is 0 Å². The van der Waals surface area contributed by atoms with E-state index in [2.05, 4.69) is 13.8 Å². The fraction of sp³-hybridized carbons (Fsp3) is 0.818. The Morgan fingerprint density at radius 1 is 1.19 bits per heavy atom. The van der Waals surface area contributed by atoms with Gasteiger partial charge in [-0.1, -0.05) is 37.6 Å². The molecule has 0 aliphatic heterocycles. The van der Waals surface area contributed by atoms with Crippen molar-refractivity contribution in [3.05, 3.63) is 23.8 Å². The Labute approximate surface area is 164 Å². The molecule has 27 heavy (non-hydrogen) atoms. The van der Waals surface area contributed by atoms with E-state index in [0.29, 0.717) is 37.0 Å². The quantitative estimate of drug-likeness (QED) is 0.728. The summed E-state index contributed by atoms with van der Waals surface area (Å²) < 4.78 is 31.5. The average molecular weight is 395 g/mol. The van der Waals surface area contributed by atoms with Crippen LogP contribution in [0.4, 0.5) is 0 Å². The minimum atomic E-state index is -3.76. The van der Waals surface area contributed by atoms with Gasteiger partial charge in [0.25, 0.3) is 10.1 Å². The van der Waals surface area contributed by atoms with Crippen molar-refractivity contribution in [2.24, 2.45) is 29.1 Å². The molecule has 0 saturated heterocycles. The summed E-state index contributed by atoms with van der Waals surface area (Å²) in [4.78, 5) is 0. The minimum Gasteiger partial charge on any atom is -0.390 e. The highest BCUT2D eigenvalue weighted by atomic mass is 32.2. The Hall–Kier alpha value is -0.650. The molecule has 4 aliphatic rings. The third kappa shape index (κ3) is 2.87. The van der Waals surface area contributed by atoms with Crippen LogP contribution in [-0.4, -0.2) is 30.0 Å². The first-order chi connectivity index (χ1) is 12.4. The zero-order valence-electron chi connectivity index (χ0n) is 17.2. The number of fused-ring (bicyclic) bond motifs is 3. The predicted molar refractivity (Wildman–Crippen MR) is 107 cm³/mol. The van der Waals surface area contributed by atoms with E-state index >= 15 is 0 Å². The maximum atomic E-state index is 13.3. The van der Waals surface area contributed by atoms with E-state index in [9.17, 15) is 13.5 Å². The predicted octanol–water partition coefficient (Wildman–Crippen LogP) is 4.21. The number of allylic oxidation sites excluding steroid dienone is 3. The summed E-state index contributed by atoms with van der Waals surface area (Å²) in [5, 5.41) is 11.2. The molecule has 2 unspecified atom stereocenters. The lowest BCUT2D eigenvalue weighted by Gasteiger charge is -2.56. The second-order valence-corrected chi connectivity index (χ2v) is 12.4. The molecule has 0 aromatic carbocycles. The molecular weight excluding hydrogens is 360 g/mol. The highest BCUT2D eigenvalue weighted by Crippen LogP contribution is 2.69. The number of rotatable bonds is 3. The maximum Gasteiger partial charge on any atom is 0.277 e. The van der Waals surface area contributed by atoms with Crippen LogP contribution in [0.15, 0.2) is 23.8 Å². The molecule has 152 valence electrons. The Balaban J connectivity index is 1.62. The third-order valence-corrected chi connectivity index (χ3v) is 10.3. The molecule has 0 aromatic heterocycles. The van der Waals surface area contributed by atoms with Crippen LogP contribution in [0, 0.1) is 29.1 Å². The van der Waals surface area contributed by atoms with E-state index in [1.165, 1.54) is 0 Å². The van der Waals surface area contributed by atoms with Gasteiger partial charge in [-0.3, -0.25) is 4.18 Å². The first-order valence-electron chi connectivity index (χ1n) is 10.4. The van der Waals surface area contributed by atoms with Crippen LogP contribution in [0.5, 0.6) is 0 Å². The molecular formula is C22H34O4S. The third-order valence-electron chi connectivity index (χ3n) is 8.41. The van der Waals surface area contributed by atoms with Crippen molar-refractivity contribution in [3.8, 4) is 0 Å². The zero-order valence-corrected chi connectivity index (χ0v) is 18.1. The summed E-state index contributed by atoms with van der Waals surface area (Å²) in [5.41, 5.74) is 0.0619. The van der Waals surface area contributed by atoms with Crippen LogP contribution in [0.3, 0.4) is 0 Å². The van der Waals surface area contributed by atoms with E-state index in [1.54, 1.807) is 13.0 Å². The highest BCUT2D eigenvalue weighted by Gasteiger charge is 2.67. The van der Waals surface area contributed by atoms with E-state index in [-0.39, 0.29) is 17.4 Å². The van der Waals surface area contributed by atoms with Crippen molar-refractivity contribution in [1.29, 1.82) is 0 Å². The van der Waals surface area contributed by atoms with Gasteiger partial charge in [-0.15, -0.1) is 0 Å². The van der Waals surface area contributed by atoms with Crippen LogP contribution < -0.4 is 0 Å². The van der Waals surface area contributed by atoms with Gasteiger partial charge < -0.3 is 5.11 Å². The molecule has 0 aromatic rings. The van der Waals surface area contributed by atoms with Crippen molar-refractivity contribution < 1.29 is 17.7 Å². The van der Waals surface area contributed by atoms with Crippen LogP contribution in [0.1, 0.15) is 66.7 Å². The van der Waals surface area contributed by atoms with Gasteiger partial charge in [0.2, 0.25) is 0 Å². The van der Waals surface area contributed by atoms with Gasteiger partial charge >= 0.3 is 0 Å². The summed E-state index contributed by atoms with van der Waals surface area (Å²) in [6.45, 7) is 10.1. The van der Waals surface area contributed by atoms with Crippen molar-refractivity contribution in [2.45, 2.75) is 83.2 Å². The summed E-state index contributed by atoms with van der Waals surface area (Å²) in [6, 6.07) is 0. The average Bonchev–Trinajstić information content (AvgIpc) is 3.22. The van der Waals surface area contributed by atoms with E-state index in [4.69, 9.17) is 4.18 Å². The number of hydrogen-bond donors (Lipinski definition) is 1.